The van der Waals surface area contributed by atoms with Gasteiger partial charge in [0.1, 0.15) is 0 Å². The second-order valence-corrected chi connectivity index (χ2v) is 11.6. The number of rotatable bonds is 9. The van der Waals surface area contributed by atoms with Crippen LogP contribution in [0.15, 0.2) is 46.9 Å². The van der Waals surface area contributed by atoms with E-state index in [0.717, 1.165) is 36.4 Å². The highest BCUT2D eigenvalue weighted by Gasteiger charge is 2.25. The van der Waals surface area contributed by atoms with E-state index >= 15 is 0 Å². The normalized spacial score (nSPS) is 17.4. The third-order valence-electron chi connectivity index (χ3n) is 4.99. The first kappa shape index (κ1) is 23.0. The first-order valence-corrected chi connectivity index (χ1v) is 13.8. The Kier molecular flexibility index (Phi) is 6.99. The molecule has 1 aliphatic heterocycles. The molecule has 32 heavy (non-hydrogen) atoms. The molecule has 11 heteroatoms. The van der Waals surface area contributed by atoms with Crippen LogP contribution in [0.3, 0.4) is 0 Å². The Labute approximate surface area is 195 Å². The maximum absolute atomic E-state index is 13.0. The van der Waals surface area contributed by atoms with E-state index in [1.54, 1.807) is 35.6 Å². The van der Waals surface area contributed by atoms with Gasteiger partial charge in [-0.25, -0.2) is 8.42 Å². The molecule has 8 nitrogen and oxygen atoms in total. The van der Waals surface area contributed by atoms with Crippen LogP contribution in [-0.4, -0.2) is 53.2 Å². The number of thiophene rings is 1. The van der Waals surface area contributed by atoms with Gasteiger partial charge in [-0.1, -0.05) is 17.8 Å². The van der Waals surface area contributed by atoms with Crippen molar-refractivity contribution in [2.45, 2.75) is 42.8 Å². The Hall–Kier alpha value is -2.21. The summed E-state index contributed by atoms with van der Waals surface area (Å²) in [7, 11) is -3.36. The number of sulfonamides is 1. The molecule has 4 rings (SSSR count). The molecular weight excluding hydrogens is 468 g/mol. The summed E-state index contributed by atoms with van der Waals surface area (Å²) in [6, 6.07) is 10.4. The van der Waals surface area contributed by atoms with Crippen molar-refractivity contribution in [3.63, 3.8) is 0 Å². The molecule has 2 aromatic heterocycles. The molecule has 0 aliphatic carbocycles. The molecule has 1 fully saturated rings. The van der Waals surface area contributed by atoms with Crippen molar-refractivity contribution in [1.29, 1.82) is 0 Å². The van der Waals surface area contributed by atoms with Gasteiger partial charge in [-0.15, -0.1) is 21.5 Å². The van der Waals surface area contributed by atoms with Crippen LogP contribution in [0.2, 0.25) is 0 Å². The maximum Gasteiger partial charge on any atom is 0.229 e. The number of carbonyl (C=O) groups is 1. The molecule has 0 radical (unpaired) electrons. The van der Waals surface area contributed by atoms with Crippen LogP contribution in [0, 0.1) is 0 Å². The van der Waals surface area contributed by atoms with E-state index in [2.05, 4.69) is 19.5 Å². The monoisotopic (exact) mass is 492 g/mol. The van der Waals surface area contributed by atoms with Gasteiger partial charge < -0.3 is 4.74 Å². The number of hydrogen-bond acceptors (Lipinski definition) is 8. The molecule has 1 aromatic carbocycles. The molecule has 3 aromatic rings. The van der Waals surface area contributed by atoms with Crippen molar-refractivity contribution in [3.05, 3.63) is 47.3 Å². The predicted octanol–water partition coefficient (Wildman–Crippen LogP) is 3.92. The zero-order chi connectivity index (χ0) is 22.7. The van der Waals surface area contributed by atoms with E-state index in [1.165, 1.54) is 11.8 Å². The number of aromatic nitrogens is 3. The fourth-order valence-electron chi connectivity index (χ4n) is 3.48. The number of hydrogen-bond donors (Lipinski definition) is 1. The van der Waals surface area contributed by atoms with E-state index in [0.29, 0.717) is 23.0 Å². The first-order valence-electron chi connectivity index (χ1n) is 10.2. The van der Waals surface area contributed by atoms with Gasteiger partial charge in [0.25, 0.3) is 0 Å². The van der Waals surface area contributed by atoms with E-state index in [1.807, 2.05) is 24.4 Å². The third-order valence-corrected chi connectivity index (χ3v) is 7.55. The minimum Gasteiger partial charge on any atom is -0.376 e. The Morgan fingerprint density at radius 3 is 2.72 bits per heavy atom. The number of benzene rings is 1. The molecule has 0 bridgehead atoms. The number of anilines is 1. The van der Waals surface area contributed by atoms with Gasteiger partial charge in [0.05, 0.1) is 29.0 Å². The lowest BCUT2D eigenvalue weighted by atomic mass is 10.1. The standard InChI is InChI=1S/C21H24N4O4S3/c1-14(19(26)15-7-9-16(10-8-15)24-32(2,27)28)31-21-23-22-20(18-6-4-12-30-18)25(21)13-17-5-3-11-29-17/h4,6-10,12,14,17,24H,3,5,11,13H2,1-2H3. The highest BCUT2D eigenvalue weighted by Crippen LogP contribution is 2.31. The van der Waals surface area contributed by atoms with E-state index < -0.39 is 15.3 Å². The van der Waals surface area contributed by atoms with Crippen molar-refractivity contribution in [1.82, 2.24) is 14.8 Å². The molecular formula is C21H24N4O4S3. The lowest BCUT2D eigenvalue weighted by Crippen LogP contribution is -2.19. The van der Waals surface area contributed by atoms with Crippen molar-refractivity contribution >= 4 is 44.6 Å². The highest BCUT2D eigenvalue weighted by atomic mass is 32.2. The topological polar surface area (TPSA) is 103 Å². The molecule has 170 valence electrons. The highest BCUT2D eigenvalue weighted by molar-refractivity contribution is 8.00. The summed E-state index contributed by atoms with van der Waals surface area (Å²) in [5, 5.41) is 11.1. The molecule has 0 amide bonds. The largest absolute Gasteiger partial charge is 0.376 e. The van der Waals surface area contributed by atoms with Crippen LogP contribution >= 0.6 is 23.1 Å². The second-order valence-electron chi connectivity index (χ2n) is 7.61. The number of nitrogens with zero attached hydrogens (tertiary/aromatic N) is 3. The van der Waals surface area contributed by atoms with Crippen LogP contribution in [0.4, 0.5) is 5.69 Å². The van der Waals surface area contributed by atoms with Gasteiger partial charge in [0, 0.05) is 17.9 Å². The molecule has 0 spiro atoms. The van der Waals surface area contributed by atoms with Crippen LogP contribution in [0.25, 0.3) is 10.7 Å². The van der Waals surface area contributed by atoms with Gasteiger partial charge in [-0.2, -0.15) is 0 Å². The molecule has 1 N–H and O–H groups in total. The Morgan fingerprint density at radius 1 is 1.31 bits per heavy atom. The minimum atomic E-state index is -3.36. The lowest BCUT2D eigenvalue weighted by molar-refractivity contribution is 0.0953. The summed E-state index contributed by atoms with van der Waals surface area (Å²) in [6.45, 7) is 3.25. The van der Waals surface area contributed by atoms with Crippen molar-refractivity contribution in [2.24, 2.45) is 0 Å². The van der Waals surface area contributed by atoms with Crippen LogP contribution in [0.5, 0.6) is 0 Å². The summed E-state index contributed by atoms with van der Waals surface area (Å²) < 4.78 is 33.0. The van der Waals surface area contributed by atoms with Crippen molar-refractivity contribution in [2.75, 3.05) is 17.6 Å². The Morgan fingerprint density at radius 2 is 2.09 bits per heavy atom. The number of ketones is 1. The quantitative estimate of drug-likeness (QED) is 0.357. The zero-order valence-electron chi connectivity index (χ0n) is 17.7. The SMILES string of the molecule is CC(Sc1nnc(-c2cccs2)n1CC1CCCO1)C(=O)c1ccc(NS(C)(=O)=O)cc1. The molecule has 2 atom stereocenters. The van der Waals surface area contributed by atoms with Gasteiger partial charge in [0.2, 0.25) is 10.0 Å². The Balaban J connectivity index is 1.52. The fraction of sp³-hybridized carbons (Fsp3) is 0.381. The molecule has 0 saturated carbocycles. The van der Waals surface area contributed by atoms with Crippen LogP contribution in [-0.2, 0) is 21.3 Å². The summed E-state index contributed by atoms with van der Waals surface area (Å²) in [6.07, 6.45) is 3.24. The second kappa shape index (κ2) is 9.74. The van der Waals surface area contributed by atoms with Gasteiger partial charge >= 0.3 is 0 Å². The van der Waals surface area contributed by atoms with Crippen LogP contribution in [0.1, 0.15) is 30.1 Å². The predicted molar refractivity (Wildman–Crippen MR) is 127 cm³/mol. The smallest absolute Gasteiger partial charge is 0.229 e. The number of nitrogens with one attached hydrogen (secondary N) is 1. The number of thioether (sulfide) groups is 1. The average Bonchev–Trinajstić information content (AvgIpc) is 3.50. The lowest BCUT2D eigenvalue weighted by Gasteiger charge is -2.16. The Bertz CT molecular complexity index is 1170. The van der Waals surface area contributed by atoms with E-state index in [9.17, 15) is 13.2 Å². The van der Waals surface area contributed by atoms with Crippen molar-refractivity contribution in [3.8, 4) is 10.7 Å². The third kappa shape index (κ3) is 5.58. The van der Waals surface area contributed by atoms with Gasteiger partial charge in [-0.05, 0) is 55.5 Å². The number of ether oxygens (including phenoxy) is 1. The number of carbonyl (C=O) groups excluding carboxylic acids is 1. The summed E-state index contributed by atoms with van der Waals surface area (Å²) in [4.78, 5) is 14.0. The molecule has 1 aliphatic rings. The molecule has 3 heterocycles. The fourth-order valence-corrected chi connectivity index (χ4v) is 5.70. The van der Waals surface area contributed by atoms with Gasteiger partial charge in [0.15, 0.2) is 16.8 Å². The summed E-state index contributed by atoms with van der Waals surface area (Å²) in [5.41, 5.74) is 0.925. The minimum absolute atomic E-state index is 0.0646. The average molecular weight is 493 g/mol. The zero-order valence-corrected chi connectivity index (χ0v) is 20.2. The first-order chi connectivity index (χ1) is 15.3. The molecule has 2 unspecified atom stereocenters. The van der Waals surface area contributed by atoms with E-state index in [4.69, 9.17) is 4.74 Å². The van der Waals surface area contributed by atoms with Crippen LogP contribution < -0.4 is 4.72 Å². The number of Topliss-reactive ketones (excluding diaryl/α,β-unsaturated/α-hetero) is 1. The molecule has 1 saturated heterocycles. The van der Waals surface area contributed by atoms with Crippen molar-refractivity contribution < 1.29 is 17.9 Å². The van der Waals surface area contributed by atoms with E-state index in [-0.39, 0.29) is 11.9 Å². The summed E-state index contributed by atoms with van der Waals surface area (Å²) >= 11 is 2.97. The summed E-state index contributed by atoms with van der Waals surface area (Å²) in [5.74, 6) is 0.721. The van der Waals surface area contributed by atoms with Gasteiger partial charge in [-0.3, -0.25) is 14.1 Å². The maximum atomic E-state index is 13.0.